The number of para-hydroxylation sites is 2. The highest BCUT2D eigenvalue weighted by molar-refractivity contribution is 7.28. The van der Waals surface area contributed by atoms with E-state index in [1.165, 1.54) is 62.4 Å². The Morgan fingerprint density at radius 1 is 0.380 bits per heavy atom. The Morgan fingerprint density at radius 3 is 1.36 bits per heavy atom. The van der Waals surface area contributed by atoms with Crippen molar-refractivity contribution < 1.29 is 0 Å². The van der Waals surface area contributed by atoms with Crippen LogP contribution in [0.5, 0.6) is 0 Å². The zero-order valence-corrected chi connectivity index (χ0v) is 28.4. The molecule has 0 fully saturated rings. The molecule has 5 heteroatoms. The Balaban J connectivity index is 1.05. The predicted octanol–water partition coefficient (Wildman–Crippen LogP) is 13.0. The smallest absolute Gasteiger partial charge is 0.110 e. The molecule has 0 unspecified atom stereocenters. The van der Waals surface area contributed by atoms with Crippen molar-refractivity contribution >= 4 is 85.1 Å². The summed E-state index contributed by atoms with van der Waals surface area (Å²) in [5.41, 5.74) is 8.79. The fourth-order valence-corrected chi connectivity index (χ4v) is 10.3. The summed E-state index contributed by atoms with van der Waals surface area (Å²) in [6, 6.07) is 58.9. The van der Waals surface area contributed by atoms with Gasteiger partial charge in [-0.3, -0.25) is 4.57 Å². The maximum absolute atomic E-state index is 5.26. The maximum atomic E-state index is 5.26. The van der Waals surface area contributed by atoms with Crippen LogP contribution in [0, 0.1) is 0 Å². The molecule has 5 heterocycles. The van der Waals surface area contributed by atoms with Gasteiger partial charge in [0.2, 0.25) is 0 Å². The first-order chi connectivity index (χ1) is 24.8. The number of nitrogens with zero attached hydrogens (tertiary/aromatic N) is 3. The Hall–Kier alpha value is -6.01. The molecule has 11 aromatic rings. The van der Waals surface area contributed by atoms with Crippen molar-refractivity contribution in [2.24, 2.45) is 0 Å². The van der Waals surface area contributed by atoms with Crippen molar-refractivity contribution in [3.05, 3.63) is 164 Å². The molecule has 5 aromatic heterocycles. The number of rotatable bonds is 4. The molecule has 3 nitrogen and oxygen atoms in total. The van der Waals surface area contributed by atoms with Crippen molar-refractivity contribution in [1.29, 1.82) is 0 Å². The van der Waals surface area contributed by atoms with Crippen molar-refractivity contribution in [3.63, 3.8) is 0 Å². The molecule has 234 valence electrons. The lowest BCUT2D eigenvalue weighted by atomic mass is 10.1. The third-order valence-corrected chi connectivity index (χ3v) is 12.3. The van der Waals surface area contributed by atoms with Crippen LogP contribution < -0.4 is 0 Å². The van der Waals surface area contributed by atoms with Crippen molar-refractivity contribution in [2.45, 2.75) is 0 Å². The number of thiophene rings is 2. The van der Waals surface area contributed by atoms with Crippen LogP contribution in [0.25, 0.3) is 96.3 Å². The standard InChI is InChI=1S/C45H27N3S2/c1-5-22-38-32(16-1)33-17-2-6-23-39(33)47(38)30-14-9-12-28(26-30)36-20-11-21-37(46-36)29-13-10-15-31(27-29)48-44-42(34-18-3-7-24-40(34)49-44)43-35-19-4-8-25-41(35)50-45(43)48/h1-27H. The minimum Gasteiger partial charge on any atom is -0.309 e. The second kappa shape index (κ2) is 10.7. The van der Waals surface area contributed by atoms with E-state index >= 15 is 0 Å². The average molecular weight is 674 g/mol. The molecular weight excluding hydrogens is 647 g/mol. The fraction of sp³-hybridized carbons (Fsp3) is 0. The summed E-state index contributed by atoms with van der Waals surface area (Å²) in [6.45, 7) is 0. The molecular formula is C45H27N3S2. The first-order valence-electron chi connectivity index (χ1n) is 16.8. The molecule has 6 aromatic carbocycles. The highest BCUT2D eigenvalue weighted by atomic mass is 32.1. The fourth-order valence-electron chi connectivity index (χ4n) is 7.76. The quantitative estimate of drug-likeness (QED) is 0.182. The maximum Gasteiger partial charge on any atom is 0.110 e. The van der Waals surface area contributed by atoms with Gasteiger partial charge >= 0.3 is 0 Å². The molecule has 0 amide bonds. The van der Waals surface area contributed by atoms with E-state index in [1.807, 2.05) is 22.7 Å². The number of benzene rings is 6. The molecule has 50 heavy (non-hydrogen) atoms. The predicted molar refractivity (Wildman–Crippen MR) is 215 cm³/mol. The van der Waals surface area contributed by atoms with Crippen LogP contribution in [-0.4, -0.2) is 14.1 Å². The van der Waals surface area contributed by atoms with Gasteiger partial charge in [-0.05, 0) is 60.7 Å². The van der Waals surface area contributed by atoms with Crippen LogP contribution in [0.4, 0.5) is 0 Å². The molecule has 0 bridgehead atoms. The number of pyridine rings is 1. The zero-order chi connectivity index (χ0) is 32.8. The molecule has 0 saturated heterocycles. The summed E-state index contributed by atoms with van der Waals surface area (Å²) >= 11 is 3.75. The van der Waals surface area contributed by atoms with Gasteiger partial charge in [0.25, 0.3) is 0 Å². The summed E-state index contributed by atoms with van der Waals surface area (Å²) in [7, 11) is 0. The van der Waals surface area contributed by atoms with Gasteiger partial charge in [0, 0.05) is 64.2 Å². The van der Waals surface area contributed by atoms with Gasteiger partial charge in [0.05, 0.1) is 22.4 Å². The Bertz CT molecular complexity index is 2980. The van der Waals surface area contributed by atoms with E-state index in [1.54, 1.807) is 0 Å². The molecule has 0 saturated carbocycles. The third kappa shape index (κ3) is 4.05. The summed E-state index contributed by atoms with van der Waals surface area (Å²) in [5.74, 6) is 0. The zero-order valence-electron chi connectivity index (χ0n) is 26.7. The highest BCUT2D eigenvalue weighted by Gasteiger charge is 2.22. The molecule has 0 spiro atoms. The average Bonchev–Trinajstić information content (AvgIpc) is 3.91. The van der Waals surface area contributed by atoms with Crippen LogP contribution in [-0.2, 0) is 0 Å². The Kier molecular flexibility index (Phi) is 5.99. The van der Waals surface area contributed by atoms with E-state index in [0.29, 0.717) is 0 Å². The van der Waals surface area contributed by atoms with Gasteiger partial charge in [-0.2, -0.15) is 0 Å². The van der Waals surface area contributed by atoms with Crippen molar-refractivity contribution in [3.8, 4) is 33.9 Å². The van der Waals surface area contributed by atoms with Gasteiger partial charge in [-0.1, -0.05) is 103 Å². The molecule has 11 rings (SSSR count). The Labute approximate surface area is 295 Å². The first kappa shape index (κ1) is 27.9. The number of hydrogen-bond donors (Lipinski definition) is 0. The summed E-state index contributed by atoms with van der Waals surface area (Å²) in [6.07, 6.45) is 0. The number of aromatic nitrogens is 3. The summed E-state index contributed by atoms with van der Waals surface area (Å²) < 4.78 is 7.47. The monoisotopic (exact) mass is 673 g/mol. The minimum atomic E-state index is 0.954. The van der Waals surface area contributed by atoms with E-state index < -0.39 is 0 Å². The van der Waals surface area contributed by atoms with Crippen molar-refractivity contribution in [1.82, 2.24) is 14.1 Å². The second-order valence-corrected chi connectivity index (χ2v) is 14.8. The molecule has 0 radical (unpaired) electrons. The second-order valence-electron chi connectivity index (χ2n) is 12.8. The van der Waals surface area contributed by atoms with Crippen molar-refractivity contribution in [2.75, 3.05) is 0 Å². The molecule has 0 aliphatic carbocycles. The summed E-state index contributed by atoms with van der Waals surface area (Å²) in [4.78, 5) is 7.84. The normalized spacial score (nSPS) is 12.0. The van der Waals surface area contributed by atoms with E-state index in [0.717, 1.165) is 33.9 Å². The van der Waals surface area contributed by atoms with Crippen LogP contribution in [0.2, 0.25) is 0 Å². The van der Waals surface area contributed by atoms with Gasteiger partial charge < -0.3 is 4.57 Å². The minimum absolute atomic E-state index is 0.954. The van der Waals surface area contributed by atoms with E-state index in [2.05, 4.69) is 173 Å². The SMILES string of the molecule is c1cc(-c2cccc(-c3cccc(-n4c5sc6ccccc6c5c5c6ccccc6sc54)c3)n2)cc(-n2c3ccccc3c3ccccc32)c1. The molecule has 0 atom stereocenters. The lowest BCUT2D eigenvalue weighted by Gasteiger charge is -2.11. The van der Waals surface area contributed by atoms with E-state index in [-0.39, 0.29) is 0 Å². The molecule has 0 N–H and O–H groups in total. The molecule has 0 aliphatic rings. The van der Waals surface area contributed by atoms with Gasteiger partial charge in [0.15, 0.2) is 0 Å². The van der Waals surface area contributed by atoms with Crippen LogP contribution >= 0.6 is 22.7 Å². The molecule has 0 aliphatic heterocycles. The topological polar surface area (TPSA) is 22.8 Å². The third-order valence-electron chi connectivity index (χ3n) is 9.94. The van der Waals surface area contributed by atoms with Gasteiger partial charge in [0.1, 0.15) is 9.66 Å². The largest absolute Gasteiger partial charge is 0.309 e. The Morgan fingerprint density at radius 2 is 0.820 bits per heavy atom. The van der Waals surface area contributed by atoms with E-state index in [9.17, 15) is 0 Å². The van der Waals surface area contributed by atoms with E-state index in [4.69, 9.17) is 4.98 Å². The number of fused-ring (bicyclic) bond motifs is 10. The van der Waals surface area contributed by atoms with Crippen LogP contribution in [0.1, 0.15) is 0 Å². The van der Waals surface area contributed by atoms with Gasteiger partial charge in [-0.15, -0.1) is 22.7 Å². The van der Waals surface area contributed by atoms with Gasteiger partial charge in [-0.25, -0.2) is 4.98 Å². The lowest BCUT2D eigenvalue weighted by molar-refractivity contribution is 1.18. The first-order valence-corrected chi connectivity index (χ1v) is 18.4. The highest BCUT2D eigenvalue weighted by Crippen LogP contribution is 2.48. The van der Waals surface area contributed by atoms with Crippen LogP contribution in [0.3, 0.4) is 0 Å². The lowest BCUT2D eigenvalue weighted by Crippen LogP contribution is -1.95. The van der Waals surface area contributed by atoms with Crippen LogP contribution in [0.15, 0.2) is 164 Å². The number of hydrogen-bond acceptors (Lipinski definition) is 3. The summed E-state index contributed by atoms with van der Waals surface area (Å²) in [5, 5.41) is 7.88.